The van der Waals surface area contributed by atoms with Crippen LogP contribution in [-0.4, -0.2) is 54.7 Å². The molecule has 5 heteroatoms. The Hall–Kier alpha value is -0.260. The summed E-state index contributed by atoms with van der Waals surface area (Å²) in [6.07, 6.45) is 1.07. The van der Waals surface area contributed by atoms with Crippen LogP contribution in [0.2, 0.25) is 0 Å². The van der Waals surface area contributed by atoms with Crippen LogP contribution in [0.5, 0.6) is 0 Å². The van der Waals surface area contributed by atoms with Crippen molar-refractivity contribution in [3.63, 3.8) is 0 Å². The molecular formula is C13H26N2O2S. The van der Waals surface area contributed by atoms with E-state index < -0.39 is 6.04 Å². The van der Waals surface area contributed by atoms with E-state index in [2.05, 4.69) is 0 Å². The summed E-state index contributed by atoms with van der Waals surface area (Å²) < 4.78 is 5.11. The molecule has 1 rings (SSSR count). The van der Waals surface area contributed by atoms with Gasteiger partial charge in [-0.15, -0.1) is 0 Å². The van der Waals surface area contributed by atoms with Crippen molar-refractivity contribution in [1.29, 1.82) is 0 Å². The van der Waals surface area contributed by atoms with Crippen LogP contribution < -0.4 is 5.73 Å². The van der Waals surface area contributed by atoms with Crippen molar-refractivity contribution >= 4 is 17.7 Å². The summed E-state index contributed by atoms with van der Waals surface area (Å²) in [5.74, 6) is 2.21. The quantitative estimate of drug-likeness (QED) is 0.822. The number of carbonyl (C=O) groups is 1. The number of carbonyl (C=O) groups excluding carboxylic acids is 1. The minimum Gasteiger partial charge on any atom is -0.383 e. The monoisotopic (exact) mass is 274 g/mol. The molecule has 0 aromatic heterocycles. The highest BCUT2D eigenvalue weighted by Crippen LogP contribution is 2.25. The van der Waals surface area contributed by atoms with Gasteiger partial charge in [-0.25, -0.2) is 0 Å². The standard InChI is InChI=1S/C13H26N2O2S/c1-13(2,3)11(14)12(16)15(6-7-17-4)10-5-8-18-9-10/h10-11H,5-9,14H2,1-4H3/t10?,11-/m0/s1. The maximum Gasteiger partial charge on any atom is 0.240 e. The Labute approximate surface area is 115 Å². The van der Waals surface area contributed by atoms with E-state index in [0.29, 0.717) is 19.2 Å². The molecule has 1 amide bonds. The first-order valence-electron chi connectivity index (χ1n) is 6.50. The topological polar surface area (TPSA) is 55.6 Å². The lowest BCUT2D eigenvalue weighted by Crippen LogP contribution is -2.54. The van der Waals surface area contributed by atoms with Crippen LogP contribution in [0.1, 0.15) is 27.2 Å². The number of nitrogens with zero attached hydrogens (tertiary/aromatic N) is 1. The van der Waals surface area contributed by atoms with Crippen LogP contribution in [0.15, 0.2) is 0 Å². The third-order valence-electron chi connectivity index (χ3n) is 3.36. The van der Waals surface area contributed by atoms with Crippen molar-refractivity contribution in [2.75, 3.05) is 31.8 Å². The number of ether oxygens (including phenoxy) is 1. The summed E-state index contributed by atoms with van der Waals surface area (Å²) in [6.45, 7) is 7.24. The highest BCUT2D eigenvalue weighted by molar-refractivity contribution is 7.99. The molecule has 4 nitrogen and oxygen atoms in total. The normalized spacial score (nSPS) is 21.9. The summed E-state index contributed by atoms with van der Waals surface area (Å²) in [5.41, 5.74) is 5.90. The SMILES string of the molecule is COCCN(C(=O)[C@H](N)C(C)(C)C)C1CCSC1. The van der Waals surface area contributed by atoms with E-state index >= 15 is 0 Å². The predicted octanol–water partition coefficient (Wildman–Crippen LogP) is 1.34. The molecule has 1 heterocycles. The van der Waals surface area contributed by atoms with Crippen LogP contribution >= 0.6 is 11.8 Å². The molecule has 1 saturated heterocycles. The second-order valence-electron chi connectivity index (χ2n) is 5.89. The lowest BCUT2D eigenvalue weighted by atomic mass is 9.86. The second kappa shape index (κ2) is 6.78. The molecule has 18 heavy (non-hydrogen) atoms. The fourth-order valence-corrected chi connectivity index (χ4v) is 3.20. The number of hydrogen-bond donors (Lipinski definition) is 1. The first kappa shape index (κ1) is 15.8. The minimum absolute atomic E-state index is 0.0621. The van der Waals surface area contributed by atoms with Crippen LogP contribution in [0, 0.1) is 5.41 Å². The van der Waals surface area contributed by atoms with Crippen molar-refractivity contribution < 1.29 is 9.53 Å². The van der Waals surface area contributed by atoms with Crippen LogP contribution in [0.25, 0.3) is 0 Å². The first-order chi connectivity index (χ1) is 8.38. The van der Waals surface area contributed by atoms with E-state index in [1.165, 1.54) is 0 Å². The maximum absolute atomic E-state index is 12.5. The van der Waals surface area contributed by atoms with E-state index in [9.17, 15) is 4.79 Å². The zero-order valence-corrected chi connectivity index (χ0v) is 12.8. The first-order valence-corrected chi connectivity index (χ1v) is 7.66. The number of hydrogen-bond acceptors (Lipinski definition) is 4. The third-order valence-corrected chi connectivity index (χ3v) is 4.51. The van der Waals surface area contributed by atoms with Gasteiger partial charge in [0.25, 0.3) is 0 Å². The number of rotatable bonds is 5. The molecule has 1 fully saturated rings. The molecule has 0 aliphatic carbocycles. The van der Waals surface area contributed by atoms with Crippen molar-refractivity contribution in [1.82, 2.24) is 4.90 Å². The largest absolute Gasteiger partial charge is 0.383 e. The average molecular weight is 274 g/mol. The van der Waals surface area contributed by atoms with E-state index in [-0.39, 0.29) is 11.3 Å². The molecule has 106 valence electrons. The van der Waals surface area contributed by atoms with Gasteiger partial charge >= 0.3 is 0 Å². The molecular weight excluding hydrogens is 248 g/mol. The molecule has 0 saturated carbocycles. The zero-order valence-electron chi connectivity index (χ0n) is 11.9. The zero-order chi connectivity index (χ0) is 13.8. The summed E-state index contributed by atoms with van der Waals surface area (Å²) in [5, 5.41) is 0. The van der Waals surface area contributed by atoms with Crippen molar-refractivity contribution in [2.45, 2.75) is 39.3 Å². The molecule has 0 aromatic rings. The Morgan fingerprint density at radius 2 is 2.22 bits per heavy atom. The highest BCUT2D eigenvalue weighted by Gasteiger charge is 2.35. The third kappa shape index (κ3) is 4.14. The molecule has 2 atom stereocenters. The molecule has 1 unspecified atom stereocenters. The fourth-order valence-electron chi connectivity index (χ4n) is 1.98. The van der Waals surface area contributed by atoms with Crippen molar-refractivity contribution in [3.05, 3.63) is 0 Å². The molecule has 0 bridgehead atoms. The van der Waals surface area contributed by atoms with E-state index in [1.807, 2.05) is 37.4 Å². The Morgan fingerprint density at radius 3 is 2.67 bits per heavy atom. The van der Waals surface area contributed by atoms with Crippen LogP contribution in [0.4, 0.5) is 0 Å². The van der Waals surface area contributed by atoms with E-state index in [0.717, 1.165) is 17.9 Å². The number of amides is 1. The van der Waals surface area contributed by atoms with Gasteiger partial charge in [-0.3, -0.25) is 4.79 Å². The summed E-state index contributed by atoms with van der Waals surface area (Å²) in [4.78, 5) is 14.4. The number of thioether (sulfide) groups is 1. The lowest BCUT2D eigenvalue weighted by Gasteiger charge is -2.35. The highest BCUT2D eigenvalue weighted by atomic mass is 32.2. The van der Waals surface area contributed by atoms with Gasteiger partial charge in [0.15, 0.2) is 0 Å². The Bertz CT molecular complexity index is 273. The molecule has 1 aliphatic heterocycles. The van der Waals surface area contributed by atoms with Gasteiger partial charge < -0.3 is 15.4 Å². The van der Waals surface area contributed by atoms with Crippen LogP contribution in [-0.2, 0) is 9.53 Å². The molecule has 0 aromatic carbocycles. The predicted molar refractivity (Wildman–Crippen MR) is 76.7 cm³/mol. The number of methoxy groups -OCH3 is 1. The average Bonchev–Trinajstić information content (AvgIpc) is 2.80. The van der Waals surface area contributed by atoms with Gasteiger partial charge in [0.05, 0.1) is 12.6 Å². The second-order valence-corrected chi connectivity index (χ2v) is 7.04. The van der Waals surface area contributed by atoms with E-state index in [1.54, 1.807) is 7.11 Å². The van der Waals surface area contributed by atoms with Gasteiger partial charge in [-0.1, -0.05) is 20.8 Å². The van der Waals surface area contributed by atoms with Gasteiger partial charge in [-0.05, 0) is 17.6 Å². The maximum atomic E-state index is 12.5. The molecule has 0 radical (unpaired) electrons. The minimum atomic E-state index is -0.444. The summed E-state index contributed by atoms with van der Waals surface area (Å²) in [6, 6.07) is -0.119. The fraction of sp³-hybridized carbons (Fsp3) is 0.923. The number of nitrogens with two attached hydrogens (primary N) is 1. The van der Waals surface area contributed by atoms with Gasteiger partial charge in [0, 0.05) is 25.4 Å². The van der Waals surface area contributed by atoms with Crippen molar-refractivity contribution in [3.8, 4) is 0 Å². The Morgan fingerprint density at radius 1 is 1.56 bits per heavy atom. The summed E-state index contributed by atoms with van der Waals surface area (Å²) >= 11 is 1.91. The Balaban J connectivity index is 2.71. The summed E-state index contributed by atoms with van der Waals surface area (Å²) in [7, 11) is 1.66. The van der Waals surface area contributed by atoms with Gasteiger partial charge in [-0.2, -0.15) is 11.8 Å². The van der Waals surface area contributed by atoms with Gasteiger partial charge in [0.2, 0.25) is 5.91 Å². The molecule has 0 spiro atoms. The smallest absolute Gasteiger partial charge is 0.240 e. The lowest BCUT2D eigenvalue weighted by molar-refractivity contribution is -0.137. The van der Waals surface area contributed by atoms with E-state index in [4.69, 9.17) is 10.5 Å². The molecule has 1 aliphatic rings. The van der Waals surface area contributed by atoms with Gasteiger partial charge in [0.1, 0.15) is 0 Å². The van der Waals surface area contributed by atoms with Crippen LogP contribution in [0.3, 0.4) is 0 Å². The Kier molecular flexibility index (Phi) is 5.95. The van der Waals surface area contributed by atoms with Crippen molar-refractivity contribution in [2.24, 2.45) is 11.1 Å². The molecule has 2 N–H and O–H groups in total.